The monoisotopic (exact) mass is 782 g/mol. The van der Waals surface area contributed by atoms with E-state index in [1.165, 1.54) is 24.3 Å². The molecule has 0 spiro atoms. The summed E-state index contributed by atoms with van der Waals surface area (Å²) < 4.78 is 98.6. The number of hydrogen-bond donors (Lipinski definition) is 7. The number of carboxylic acid groups (broad SMARTS) is 4. The van der Waals surface area contributed by atoms with E-state index in [9.17, 15) is 39.6 Å². The SMILES string of the molecule is O=S(=O)([O-])O.[2H]C([2H])(CC1=C(C)c2cc3[nH]c(cc4[nH]c(cc5nc(cc1n2)C(C)=C5CC([2H])([2H])C(=O)O)c(C)c4CC([2H])([2H])C(=O)O)c(C)c3CC([2H])([2H])C(=O)O)C(=O)O.[Na+]. The third-order valence-corrected chi connectivity index (χ3v) is 8.47. The van der Waals surface area contributed by atoms with Gasteiger partial charge in [-0.15, -0.1) is 0 Å². The van der Waals surface area contributed by atoms with Gasteiger partial charge in [0.1, 0.15) is 0 Å². The number of allylic oxidation sites excluding steroid dienone is 4. The summed E-state index contributed by atoms with van der Waals surface area (Å²) >= 11 is 0. The molecular formula is C36H39N4NaO12S. The number of H-pyrrole nitrogens is 2. The summed E-state index contributed by atoms with van der Waals surface area (Å²) in [4.78, 5) is 63.4. The van der Waals surface area contributed by atoms with Crippen LogP contribution in [0.3, 0.4) is 0 Å². The van der Waals surface area contributed by atoms with Crippen LogP contribution in [0.4, 0.5) is 0 Å². The quantitative estimate of drug-likeness (QED) is 0.0790. The summed E-state index contributed by atoms with van der Waals surface area (Å²) in [5.41, 5.74) is 3.70. The van der Waals surface area contributed by atoms with Crippen molar-refractivity contribution in [1.29, 1.82) is 0 Å². The molecule has 16 nitrogen and oxygen atoms in total. The molecule has 0 unspecified atom stereocenters. The van der Waals surface area contributed by atoms with Crippen LogP contribution in [0, 0.1) is 13.8 Å². The van der Waals surface area contributed by atoms with Gasteiger partial charge in [0.2, 0.25) is 10.4 Å². The fraction of sp³-hybridized carbons (Fsp3) is 0.333. The molecule has 54 heavy (non-hydrogen) atoms. The Morgan fingerprint density at radius 3 is 1.33 bits per heavy atom. The number of aromatic amines is 2. The Labute approximate surface area is 343 Å². The van der Waals surface area contributed by atoms with E-state index in [4.69, 9.17) is 28.5 Å². The maximum absolute atomic E-state index is 11.9. The summed E-state index contributed by atoms with van der Waals surface area (Å²) in [5.74, 6) is -6.92. The van der Waals surface area contributed by atoms with Crippen molar-refractivity contribution in [2.45, 2.75) is 78.9 Å². The molecule has 0 aliphatic carbocycles. The van der Waals surface area contributed by atoms with Gasteiger partial charge in [-0.05, 0) is 122 Å². The van der Waals surface area contributed by atoms with Gasteiger partial charge >= 0.3 is 53.4 Å². The van der Waals surface area contributed by atoms with E-state index < -0.39 is 85.5 Å². The molecule has 282 valence electrons. The minimum Gasteiger partial charge on any atom is -0.726 e. The summed E-state index contributed by atoms with van der Waals surface area (Å²) in [6.45, 7) is 6.32. The molecule has 7 N–H and O–H groups in total. The zero-order valence-corrected chi connectivity index (χ0v) is 32.4. The number of fused-ring (bicyclic) bond motifs is 8. The van der Waals surface area contributed by atoms with Crippen molar-refractivity contribution in [3.05, 3.63) is 69.3 Å². The molecule has 5 rings (SSSR count). The number of aryl methyl sites for hydroxylation is 4. The van der Waals surface area contributed by atoms with Crippen LogP contribution in [0.15, 0.2) is 24.3 Å². The van der Waals surface area contributed by atoms with Crippen molar-refractivity contribution in [2.75, 3.05) is 0 Å². The first-order valence-electron chi connectivity index (χ1n) is 19.4. The Hall–Kier alpha value is -4.65. The van der Waals surface area contributed by atoms with Gasteiger partial charge in [-0.3, -0.25) is 23.7 Å². The molecule has 2 aliphatic rings. The number of aliphatic carboxylic acids is 4. The zero-order valence-electron chi connectivity index (χ0n) is 37.5. The fourth-order valence-corrected chi connectivity index (χ4v) is 5.77. The molecule has 0 aromatic carbocycles. The Bertz CT molecular complexity index is 2720. The third kappa shape index (κ3) is 11.2. The molecule has 0 radical (unpaired) electrons. The molecule has 5 heterocycles. The first-order chi connectivity index (χ1) is 27.7. The van der Waals surface area contributed by atoms with Gasteiger partial charge in [0.25, 0.3) is 0 Å². The van der Waals surface area contributed by atoms with Gasteiger partial charge in [0.05, 0.1) is 22.8 Å². The van der Waals surface area contributed by atoms with Crippen molar-refractivity contribution in [3.63, 3.8) is 0 Å². The van der Waals surface area contributed by atoms with Crippen molar-refractivity contribution in [2.24, 2.45) is 0 Å². The summed E-state index contributed by atoms with van der Waals surface area (Å²) in [5, 5.41) is 38.7. The molecule has 2 aliphatic heterocycles. The van der Waals surface area contributed by atoms with Crippen molar-refractivity contribution >= 4 is 78.6 Å². The summed E-state index contributed by atoms with van der Waals surface area (Å²) in [7, 11) is -4.92. The number of carbonyl (C=O) groups is 4. The Kier molecular flexibility index (Phi) is 11.0. The molecular weight excluding hydrogens is 735 g/mol. The molecule has 3 aromatic rings. The number of nitrogens with one attached hydrogen (secondary N) is 2. The second-order valence-electron chi connectivity index (χ2n) is 11.7. The molecule has 0 atom stereocenters. The van der Waals surface area contributed by atoms with E-state index in [0.29, 0.717) is 27.8 Å². The van der Waals surface area contributed by atoms with Gasteiger partial charge in [-0.25, -0.2) is 18.4 Å². The Morgan fingerprint density at radius 1 is 0.611 bits per heavy atom. The van der Waals surface area contributed by atoms with Gasteiger partial charge in [0, 0.05) is 58.5 Å². The number of rotatable bonds is 12. The normalized spacial score (nSPS) is 15.8. The molecule has 18 heteroatoms. The average molecular weight is 783 g/mol. The number of nitrogens with zero attached hydrogens (tertiary/aromatic N) is 2. The molecule has 0 saturated carbocycles. The van der Waals surface area contributed by atoms with Gasteiger partial charge < -0.3 is 34.9 Å². The minimum absolute atomic E-state index is 0. The minimum atomic E-state index is -4.92. The topological polar surface area (TPSA) is 284 Å². The van der Waals surface area contributed by atoms with E-state index in [1.54, 1.807) is 27.7 Å². The largest absolute Gasteiger partial charge is 1.00 e. The number of aromatic nitrogens is 4. The van der Waals surface area contributed by atoms with Crippen LogP contribution in [0.1, 0.15) is 108 Å². The molecule has 8 bridgehead atoms. The Morgan fingerprint density at radius 2 is 0.926 bits per heavy atom. The molecule has 0 amide bonds. The van der Waals surface area contributed by atoms with E-state index >= 15 is 0 Å². The number of hydrogen-bond acceptors (Lipinski definition) is 9. The van der Waals surface area contributed by atoms with Crippen LogP contribution >= 0.6 is 0 Å². The van der Waals surface area contributed by atoms with Crippen molar-refractivity contribution < 1.29 is 97.7 Å². The van der Waals surface area contributed by atoms with Crippen molar-refractivity contribution in [1.82, 2.24) is 19.9 Å². The molecule has 3 aromatic heterocycles. The first kappa shape index (κ1) is 32.8. The predicted molar refractivity (Wildman–Crippen MR) is 193 cm³/mol. The first-order valence-corrected chi connectivity index (χ1v) is 16.8. The van der Waals surface area contributed by atoms with Gasteiger partial charge in [0.15, 0.2) is 0 Å². The van der Waals surface area contributed by atoms with E-state index in [-0.39, 0.29) is 91.2 Å². The van der Waals surface area contributed by atoms with Crippen LogP contribution in [0.2, 0.25) is 0 Å². The average Bonchev–Trinajstić information content (AvgIpc) is 3.75. The van der Waals surface area contributed by atoms with Gasteiger partial charge in [-0.2, -0.15) is 0 Å². The maximum atomic E-state index is 11.9. The fourth-order valence-electron chi connectivity index (χ4n) is 5.77. The van der Waals surface area contributed by atoms with Crippen LogP contribution < -0.4 is 29.6 Å². The van der Waals surface area contributed by atoms with E-state index in [2.05, 4.69) is 19.9 Å². The van der Waals surface area contributed by atoms with E-state index in [0.717, 1.165) is 0 Å². The molecule has 0 saturated heterocycles. The maximum Gasteiger partial charge on any atom is 1.00 e. The van der Waals surface area contributed by atoms with Crippen LogP contribution in [-0.4, -0.2) is 81.8 Å². The predicted octanol–water partition coefficient (Wildman–Crippen LogP) is 2.57. The Balaban J connectivity index is 0.00000161. The summed E-state index contributed by atoms with van der Waals surface area (Å²) in [6.07, 6.45) is -13.6. The van der Waals surface area contributed by atoms with Crippen molar-refractivity contribution in [3.8, 4) is 0 Å². The van der Waals surface area contributed by atoms with Crippen LogP contribution in [0.5, 0.6) is 0 Å². The standard InChI is InChI=1S/C36H38N4O8.Na.H2O4S/c1-17-21(5-9-33(41)42)29-14-26-19(3)23(7-11-35(45)46)31(39-26)16-28-20(4)24(8-12-36(47)48)32(40-28)15-27-18(2)22(6-10-34(43)44)30(38-27)13-25(17)37-29;;1-5(2,3)4/h13-16,37-38H,5-12H2,1-4H3,(H,41,42)(H,43,44)(H,45,46)(H,47,48);;(H2,1,2,3,4)/q;+1;/p-1/i9D2,10D2,11D2,12D2;;. The van der Waals surface area contributed by atoms with Crippen LogP contribution in [-0.2, 0) is 42.4 Å². The zero-order chi connectivity index (χ0) is 46.5. The third-order valence-electron chi connectivity index (χ3n) is 8.47. The number of carboxylic acids is 4. The molecule has 0 fully saturated rings. The summed E-state index contributed by atoms with van der Waals surface area (Å²) in [6, 6.07) is 5.90. The van der Waals surface area contributed by atoms with Crippen LogP contribution in [0.25, 0.3) is 44.4 Å². The smallest absolute Gasteiger partial charge is 0.726 e. The van der Waals surface area contributed by atoms with E-state index in [1.807, 2.05) is 0 Å². The second-order valence-corrected chi connectivity index (χ2v) is 12.6. The van der Waals surface area contributed by atoms with Gasteiger partial charge in [-0.1, -0.05) is 0 Å². The second kappa shape index (κ2) is 18.1.